The summed E-state index contributed by atoms with van der Waals surface area (Å²) >= 11 is 7.93. The molecule has 5 nitrogen and oxygen atoms in total. The van der Waals surface area contributed by atoms with Crippen LogP contribution in [-0.2, 0) is 6.54 Å². The number of anilines is 1. The molecular weight excluding hydrogens is 390 g/mol. The first kappa shape index (κ1) is 20.9. The van der Waals surface area contributed by atoms with Crippen molar-refractivity contribution in [2.45, 2.75) is 40.7 Å². The summed E-state index contributed by atoms with van der Waals surface area (Å²) in [5.41, 5.74) is 3.64. The van der Waals surface area contributed by atoms with Gasteiger partial charge in [0.1, 0.15) is 5.01 Å². The third kappa shape index (κ3) is 5.39. The SMILES string of the molecule is CCNC(=NCc1nc(C)c(C)s1)NCC1CCN(c2cc(Cl)ccc2C)C1. The molecule has 0 aliphatic carbocycles. The molecule has 0 bridgehead atoms. The van der Waals surface area contributed by atoms with E-state index in [1.165, 1.54) is 22.5 Å². The van der Waals surface area contributed by atoms with Gasteiger partial charge in [-0.15, -0.1) is 11.3 Å². The van der Waals surface area contributed by atoms with Gasteiger partial charge in [0.05, 0.1) is 12.2 Å². The summed E-state index contributed by atoms with van der Waals surface area (Å²) in [4.78, 5) is 13.0. The molecule has 2 aromatic rings. The molecule has 0 spiro atoms. The second kappa shape index (κ2) is 9.61. The molecule has 0 radical (unpaired) electrons. The lowest BCUT2D eigenvalue weighted by Gasteiger charge is -2.21. The monoisotopic (exact) mass is 419 g/mol. The van der Waals surface area contributed by atoms with E-state index in [4.69, 9.17) is 16.6 Å². The third-order valence-corrected chi connectivity index (χ3v) is 6.44. The first-order valence-electron chi connectivity index (χ1n) is 9.92. The van der Waals surface area contributed by atoms with Crippen LogP contribution in [0.1, 0.15) is 34.5 Å². The second-order valence-electron chi connectivity index (χ2n) is 7.36. The van der Waals surface area contributed by atoms with Gasteiger partial charge in [0, 0.05) is 41.8 Å². The predicted octanol–water partition coefficient (Wildman–Crippen LogP) is 4.30. The lowest BCUT2D eigenvalue weighted by atomic mass is 10.1. The molecule has 28 heavy (non-hydrogen) atoms. The maximum absolute atomic E-state index is 6.20. The number of nitrogens with one attached hydrogen (secondary N) is 2. The summed E-state index contributed by atoms with van der Waals surface area (Å²) in [7, 11) is 0. The highest BCUT2D eigenvalue weighted by molar-refractivity contribution is 7.11. The van der Waals surface area contributed by atoms with E-state index in [0.29, 0.717) is 12.5 Å². The van der Waals surface area contributed by atoms with Gasteiger partial charge >= 0.3 is 0 Å². The van der Waals surface area contributed by atoms with Crippen molar-refractivity contribution in [1.82, 2.24) is 15.6 Å². The summed E-state index contributed by atoms with van der Waals surface area (Å²) < 4.78 is 0. The van der Waals surface area contributed by atoms with E-state index in [2.05, 4.69) is 60.3 Å². The Hall–Kier alpha value is -1.79. The lowest BCUT2D eigenvalue weighted by Crippen LogP contribution is -2.40. The second-order valence-corrected chi connectivity index (χ2v) is 9.08. The van der Waals surface area contributed by atoms with E-state index in [9.17, 15) is 0 Å². The van der Waals surface area contributed by atoms with E-state index in [1.807, 2.05) is 6.07 Å². The van der Waals surface area contributed by atoms with Crippen LogP contribution in [0, 0.1) is 26.7 Å². The number of benzene rings is 1. The van der Waals surface area contributed by atoms with E-state index < -0.39 is 0 Å². The largest absolute Gasteiger partial charge is 0.371 e. The fourth-order valence-corrected chi connectivity index (χ4v) is 4.50. The average Bonchev–Trinajstić information content (AvgIpc) is 3.26. The van der Waals surface area contributed by atoms with Crippen LogP contribution in [0.3, 0.4) is 0 Å². The van der Waals surface area contributed by atoms with E-state index in [1.54, 1.807) is 11.3 Å². The molecule has 1 aliphatic rings. The number of aromatic nitrogens is 1. The number of hydrogen-bond acceptors (Lipinski definition) is 4. The molecule has 1 fully saturated rings. The van der Waals surface area contributed by atoms with Crippen molar-refractivity contribution in [3.05, 3.63) is 44.4 Å². The van der Waals surface area contributed by atoms with Crippen LogP contribution in [0.5, 0.6) is 0 Å². The van der Waals surface area contributed by atoms with Gasteiger partial charge in [-0.05, 0) is 57.7 Å². The van der Waals surface area contributed by atoms with Crippen molar-refractivity contribution < 1.29 is 0 Å². The zero-order valence-corrected chi connectivity index (χ0v) is 18.8. The van der Waals surface area contributed by atoms with Crippen LogP contribution in [0.2, 0.25) is 5.02 Å². The van der Waals surface area contributed by atoms with E-state index >= 15 is 0 Å². The number of nitrogens with zero attached hydrogens (tertiary/aromatic N) is 3. The minimum absolute atomic E-state index is 0.589. The van der Waals surface area contributed by atoms with E-state index in [0.717, 1.165) is 47.9 Å². The van der Waals surface area contributed by atoms with Crippen molar-refractivity contribution in [3.63, 3.8) is 0 Å². The summed E-state index contributed by atoms with van der Waals surface area (Å²) in [6, 6.07) is 6.14. The number of aliphatic imine (C=N–C) groups is 1. The van der Waals surface area contributed by atoms with Gasteiger partial charge in [-0.25, -0.2) is 9.98 Å². The Morgan fingerprint density at radius 1 is 1.32 bits per heavy atom. The fraction of sp³-hybridized carbons (Fsp3) is 0.524. The summed E-state index contributed by atoms with van der Waals surface area (Å²) in [5, 5.41) is 8.73. The van der Waals surface area contributed by atoms with Crippen molar-refractivity contribution in [1.29, 1.82) is 0 Å². The van der Waals surface area contributed by atoms with Gasteiger partial charge < -0.3 is 15.5 Å². The Balaban J connectivity index is 1.55. The predicted molar refractivity (Wildman–Crippen MR) is 121 cm³/mol. The molecule has 152 valence electrons. The zero-order chi connectivity index (χ0) is 20.1. The minimum Gasteiger partial charge on any atom is -0.371 e. The highest BCUT2D eigenvalue weighted by Gasteiger charge is 2.24. The molecule has 0 saturated carbocycles. The molecule has 1 unspecified atom stereocenters. The van der Waals surface area contributed by atoms with Crippen LogP contribution < -0.4 is 15.5 Å². The van der Waals surface area contributed by atoms with Gasteiger partial charge in [-0.2, -0.15) is 0 Å². The van der Waals surface area contributed by atoms with Crippen molar-refractivity contribution >= 4 is 34.6 Å². The van der Waals surface area contributed by atoms with Crippen molar-refractivity contribution in [2.24, 2.45) is 10.9 Å². The first-order valence-corrected chi connectivity index (χ1v) is 11.1. The summed E-state index contributed by atoms with van der Waals surface area (Å²) in [6.45, 7) is 12.9. The number of halogens is 1. The third-order valence-electron chi connectivity index (χ3n) is 5.15. The molecule has 7 heteroatoms. The summed E-state index contributed by atoms with van der Waals surface area (Å²) in [6.07, 6.45) is 1.17. The van der Waals surface area contributed by atoms with Crippen LogP contribution in [0.25, 0.3) is 0 Å². The Bertz CT molecular complexity index is 813. The molecule has 2 N–H and O–H groups in total. The van der Waals surface area contributed by atoms with E-state index in [-0.39, 0.29) is 0 Å². The van der Waals surface area contributed by atoms with Crippen LogP contribution in [-0.4, -0.2) is 37.1 Å². The van der Waals surface area contributed by atoms with Crippen LogP contribution in [0.15, 0.2) is 23.2 Å². The van der Waals surface area contributed by atoms with Crippen molar-refractivity contribution in [2.75, 3.05) is 31.1 Å². The number of thiazole rings is 1. The average molecular weight is 420 g/mol. The molecule has 1 aliphatic heterocycles. The van der Waals surface area contributed by atoms with Gasteiger partial charge in [0.2, 0.25) is 0 Å². The highest BCUT2D eigenvalue weighted by atomic mass is 35.5. The van der Waals surface area contributed by atoms with Gasteiger partial charge in [0.25, 0.3) is 0 Å². The molecule has 0 amide bonds. The molecule has 3 rings (SSSR count). The Labute approximate surface area is 177 Å². The topological polar surface area (TPSA) is 52.6 Å². The Kier molecular flexibility index (Phi) is 7.18. The van der Waals surface area contributed by atoms with Crippen LogP contribution >= 0.6 is 22.9 Å². The van der Waals surface area contributed by atoms with Gasteiger partial charge in [-0.3, -0.25) is 0 Å². The van der Waals surface area contributed by atoms with Crippen molar-refractivity contribution in [3.8, 4) is 0 Å². The maximum Gasteiger partial charge on any atom is 0.191 e. The standard InChI is InChI=1S/C21H30ClN5S/c1-5-23-21(25-12-20-26-15(3)16(4)28-20)24-11-17-8-9-27(13-17)19-10-18(22)7-6-14(19)2/h6-7,10,17H,5,8-9,11-13H2,1-4H3,(H2,23,24,25). The highest BCUT2D eigenvalue weighted by Crippen LogP contribution is 2.29. The normalized spacial score (nSPS) is 17.2. The number of aryl methyl sites for hydroxylation is 3. The molecule has 1 aromatic carbocycles. The summed E-state index contributed by atoms with van der Waals surface area (Å²) in [5.74, 6) is 1.46. The van der Waals surface area contributed by atoms with Gasteiger partial charge in [0.15, 0.2) is 5.96 Å². The Morgan fingerprint density at radius 2 is 2.14 bits per heavy atom. The fourth-order valence-electron chi connectivity index (χ4n) is 3.48. The maximum atomic E-state index is 6.20. The molecular formula is C21H30ClN5S. The molecule has 1 atom stereocenters. The zero-order valence-electron chi connectivity index (χ0n) is 17.2. The minimum atomic E-state index is 0.589. The lowest BCUT2D eigenvalue weighted by molar-refractivity contribution is 0.565. The number of guanidine groups is 1. The quantitative estimate of drug-likeness (QED) is 0.541. The molecule has 2 heterocycles. The number of rotatable bonds is 6. The molecule has 1 saturated heterocycles. The van der Waals surface area contributed by atoms with Gasteiger partial charge in [-0.1, -0.05) is 17.7 Å². The Morgan fingerprint density at radius 3 is 2.86 bits per heavy atom. The number of hydrogen-bond donors (Lipinski definition) is 2. The smallest absolute Gasteiger partial charge is 0.191 e. The van der Waals surface area contributed by atoms with Crippen LogP contribution in [0.4, 0.5) is 5.69 Å². The first-order chi connectivity index (χ1) is 13.5. The molecule has 1 aromatic heterocycles.